The number of nitrogens with one attached hydrogen (secondary N) is 1. The maximum Gasteiger partial charge on any atom is 0.123 e. The smallest absolute Gasteiger partial charge is 0.123 e. The van der Waals surface area contributed by atoms with E-state index in [4.69, 9.17) is 4.74 Å². The van der Waals surface area contributed by atoms with Gasteiger partial charge in [-0.1, -0.05) is 24.6 Å². The third-order valence-electron chi connectivity index (χ3n) is 4.64. The van der Waals surface area contributed by atoms with Crippen LogP contribution in [-0.2, 0) is 0 Å². The molecular weight excluding hydrogens is 210 g/mol. The first-order chi connectivity index (χ1) is 8.36. The van der Waals surface area contributed by atoms with E-state index in [1.807, 2.05) is 6.07 Å². The molecule has 2 aliphatic rings. The molecule has 17 heavy (non-hydrogen) atoms. The summed E-state index contributed by atoms with van der Waals surface area (Å²) in [5.41, 5.74) is 1.33. The Bertz CT molecular complexity index is 394. The number of hydrogen-bond acceptors (Lipinski definition) is 2. The first-order valence-electron chi connectivity index (χ1n) is 6.67. The van der Waals surface area contributed by atoms with Gasteiger partial charge < -0.3 is 10.1 Å². The number of hydrogen-bond donors (Lipinski definition) is 1. The average molecular weight is 231 g/mol. The summed E-state index contributed by atoms with van der Waals surface area (Å²) >= 11 is 0. The molecule has 0 aromatic heterocycles. The number of para-hydroxylation sites is 1. The fourth-order valence-corrected chi connectivity index (χ4v) is 3.85. The van der Waals surface area contributed by atoms with Crippen molar-refractivity contribution in [3.8, 4) is 5.75 Å². The molecule has 1 N–H and O–H groups in total. The number of methoxy groups -OCH3 is 1. The normalized spacial score (nSPS) is 32.0. The van der Waals surface area contributed by atoms with Gasteiger partial charge in [-0.05, 0) is 43.7 Å². The highest BCUT2D eigenvalue weighted by Gasteiger charge is 2.56. The fourth-order valence-electron chi connectivity index (χ4n) is 3.85. The van der Waals surface area contributed by atoms with Gasteiger partial charge in [0.2, 0.25) is 0 Å². The predicted octanol–water partition coefficient (Wildman–Crippen LogP) is 3.00. The van der Waals surface area contributed by atoms with Crippen molar-refractivity contribution >= 4 is 0 Å². The molecule has 2 nitrogen and oxygen atoms in total. The standard InChI is InChI=1S/C15H21NO/c1-16-15(14-10-7-5-8-11(10)14)12-6-3-4-9-13(12)17-2/h3-4,6,9-11,14-16H,5,7-8H2,1-2H3. The summed E-state index contributed by atoms with van der Waals surface area (Å²) in [6.45, 7) is 0. The summed E-state index contributed by atoms with van der Waals surface area (Å²) in [4.78, 5) is 0. The van der Waals surface area contributed by atoms with Crippen LogP contribution in [0.25, 0.3) is 0 Å². The van der Waals surface area contributed by atoms with Crippen molar-refractivity contribution in [1.82, 2.24) is 5.32 Å². The van der Waals surface area contributed by atoms with Crippen LogP contribution in [0.15, 0.2) is 24.3 Å². The molecule has 0 radical (unpaired) electrons. The van der Waals surface area contributed by atoms with Gasteiger partial charge in [-0.3, -0.25) is 0 Å². The number of benzene rings is 1. The van der Waals surface area contributed by atoms with Gasteiger partial charge >= 0.3 is 0 Å². The van der Waals surface area contributed by atoms with Gasteiger partial charge in [-0.25, -0.2) is 0 Å². The lowest BCUT2D eigenvalue weighted by Crippen LogP contribution is -2.21. The van der Waals surface area contributed by atoms with Crippen LogP contribution >= 0.6 is 0 Å². The van der Waals surface area contributed by atoms with E-state index in [9.17, 15) is 0 Å². The molecule has 0 heterocycles. The molecule has 0 bridgehead atoms. The molecular formula is C15H21NO. The lowest BCUT2D eigenvalue weighted by atomic mass is 9.96. The number of rotatable bonds is 4. The lowest BCUT2D eigenvalue weighted by Gasteiger charge is -2.21. The van der Waals surface area contributed by atoms with Gasteiger partial charge in [-0.15, -0.1) is 0 Å². The summed E-state index contributed by atoms with van der Waals surface area (Å²) in [7, 11) is 3.84. The van der Waals surface area contributed by atoms with E-state index in [2.05, 4.69) is 30.6 Å². The SMILES string of the molecule is CNC(c1ccccc1OC)C1C2CCCC21. The van der Waals surface area contributed by atoms with Crippen molar-refractivity contribution in [1.29, 1.82) is 0 Å². The molecule has 2 saturated carbocycles. The Labute approximate surface area is 103 Å². The number of fused-ring (bicyclic) bond motifs is 1. The number of ether oxygens (including phenoxy) is 1. The second kappa shape index (κ2) is 4.34. The first-order valence-corrected chi connectivity index (χ1v) is 6.67. The van der Waals surface area contributed by atoms with E-state index in [1.165, 1.54) is 24.8 Å². The molecule has 0 spiro atoms. The van der Waals surface area contributed by atoms with Crippen LogP contribution < -0.4 is 10.1 Å². The highest BCUT2D eigenvalue weighted by Crippen LogP contribution is 2.62. The van der Waals surface area contributed by atoms with Gasteiger partial charge in [0.25, 0.3) is 0 Å². The Hall–Kier alpha value is -1.02. The molecule has 0 amide bonds. The Morgan fingerprint density at radius 3 is 2.59 bits per heavy atom. The third-order valence-corrected chi connectivity index (χ3v) is 4.64. The monoisotopic (exact) mass is 231 g/mol. The minimum Gasteiger partial charge on any atom is -0.496 e. The molecule has 3 unspecified atom stereocenters. The molecule has 92 valence electrons. The Morgan fingerprint density at radius 1 is 1.24 bits per heavy atom. The van der Waals surface area contributed by atoms with E-state index in [1.54, 1.807) is 7.11 Å². The van der Waals surface area contributed by atoms with Crippen molar-refractivity contribution in [2.45, 2.75) is 25.3 Å². The quantitative estimate of drug-likeness (QED) is 0.860. The Kier molecular flexibility index (Phi) is 2.83. The second-order valence-corrected chi connectivity index (χ2v) is 5.34. The maximum absolute atomic E-state index is 5.49. The van der Waals surface area contributed by atoms with Gasteiger partial charge in [0, 0.05) is 11.6 Å². The van der Waals surface area contributed by atoms with Crippen LogP contribution in [0.3, 0.4) is 0 Å². The Balaban J connectivity index is 1.85. The van der Waals surface area contributed by atoms with E-state index in [0.717, 1.165) is 23.5 Å². The first kappa shape index (κ1) is 11.1. The molecule has 3 rings (SSSR count). The third kappa shape index (κ3) is 1.75. The molecule has 1 aromatic rings. The molecule has 2 heteroatoms. The maximum atomic E-state index is 5.49. The topological polar surface area (TPSA) is 21.3 Å². The van der Waals surface area contributed by atoms with Crippen molar-refractivity contribution in [2.75, 3.05) is 14.2 Å². The second-order valence-electron chi connectivity index (χ2n) is 5.34. The predicted molar refractivity (Wildman–Crippen MR) is 69.1 cm³/mol. The fraction of sp³-hybridized carbons (Fsp3) is 0.600. The minimum absolute atomic E-state index is 0.474. The summed E-state index contributed by atoms with van der Waals surface area (Å²) in [6.07, 6.45) is 4.31. The molecule has 2 aliphatic carbocycles. The van der Waals surface area contributed by atoms with Gasteiger partial charge in [0.15, 0.2) is 0 Å². The minimum atomic E-state index is 0.474. The van der Waals surface area contributed by atoms with E-state index < -0.39 is 0 Å². The summed E-state index contributed by atoms with van der Waals surface area (Å²) in [6, 6.07) is 8.90. The van der Waals surface area contributed by atoms with Crippen molar-refractivity contribution in [3.63, 3.8) is 0 Å². The van der Waals surface area contributed by atoms with Crippen LogP contribution in [0.2, 0.25) is 0 Å². The molecule has 1 aromatic carbocycles. The van der Waals surface area contributed by atoms with Crippen LogP contribution in [0.5, 0.6) is 5.75 Å². The van der Waals surface area contributed by atoms with Crippen LogP contribution in [-0.4, -0.2) is 14.2 Å². The zero-order chi connectivity index (χ0) is 11.8. The van der Waals surface area contributed by atoms with Crippen molar-refractivity contribution in [3.05, 3.63) is 29.8 Å². The average Bonchev–Trinajstić information content (AvgIpc) is 2.85. The molecule has 0 saturated heterocycles. The lowest BCUT2D eigenvalue weighted by molar-refractivity contribution is 0.384. The van der Waals surface area contributed by atoms with Gasteiger partial charge in [0.05, 0.1) is 7.11 Å². The van der Waals surface area contributed by atoms with E-state index >= 15 is 0 Å². The van der Waals surface area contributed by atoms with E-state index in [-0.39, 0.29) is 0 Å². The van der Waals surface area contributed by atoms with Crippen LogP contribution in [0.4, 0.5) is 0 Å². The van der Waals surface area contributed by atoms with Gasteiger partial charge in [0.1, 0.15) is 5.75 Å². The largest absolute Gasteiger partial charge is 0.496 e. The summed E-state index contributed by atoms with van der Waals surface area (Å²) in [5, 5.41) is 3.50. The van der Waals surface area contributed by atoms with E-state index in [0.29, 0.717) is 6.04 Å². The summed E-state index contributed by atoms with van der Waals surface area (Å²) < 4.78 is 5.49. The summed E-state index contributed by atoms with van der Waals surface area (Å²) in [5.74, 6) is 3.80. The molecule has 3 atom stereocenters. The van der Waals surface area contributed by atoms with Crippen molar-refractivity contribution in [2.24, 2.45) is 17.8 Å². The van der Waals surface area contributed by atoms with Crippen molar-refractivity contribution < 1.29 is 4.74 Å². The van der Waals surface area contributed by atoms with Gasteiger partial charge in [-0.2, -0.15) is 0 Å². The zero-order valence-corrected chi connectivity index (χ0v) is 10.6. The van der Waals surface area contributed by atoms with Crippen LogP contribution in [0.1, 0.15) is 30.9 Å². The van der Waals surface area contributed by atoms with Crippen LogP contribution in [0, 0.1) is 17.8 Å². The molecule has 2 fully saturated rings. The molecule has 0 aliphatic heterocycles. The Morgan fingerprint density at radius 2 is 1.94 bits per heavy atom. The highest BCUT2D eigenvalue weighted by molar-refractivity contribution is 5.37. The zero-order valence-electron chi connectivity index (χ0n) is 10.6. The highest BCUT2D eigenvalue weighted by atomic mass is 16.5.